The van der Waals surface area contributed by atoms with Crippen LogP contribution in [-0.4, -0.2) is 49.2 Å². The molecule has 2 rings (SSSR count). The van der Waals surface area contributed by atoms with E-state index in [9.17, 15) is 9.90 Å². The lowest BCUT2D eigenvalue weighted by Gasteiger charge is -2.18. The molecule has 122 valence electrons. The summed E-state index contributed by atoms with van der Waals surface area (Å²) in [5, 5.41) is 12.7. The number of rotatable bonds is 6. The van der Waals surface area contributed by atoms with E-state index < -0.39 is 0 Å². The predicted octanol–water partition coefficient (Wildman–Crippen LogP) is 2.11. The summed E-state index contributed by atoms with van der Waals surface area (Å²) in [6.45, 7) is 8.33. The number of phenols is 1. The van der Waals surface area contributed by atoms with Gasteiger partial charge in [0.05, 0.1) is 12.7 Å². The maximum atomic E-state index is 12.2. The van der Waals surface area contributed by atoms with Gasteiger partial charge in [-0.05, 0) is 43.0 Å². The summed E-state index contributed by atoms with van der Waals surface area (Å²) in [5.41, 5.74) is 0.261. The number of hydrogen-bond donors (Lipinski definition) is 2. The molecule has 0 bridgehead atoms. The van der Waals surface area contributed by atoms with Crippen molar-refractivity contribution in [3.05, 3.63) is 23.8 Å². The lowest BCUT2D eigenvalue weighted by atomic mass is 10.1. The normalized spacial score (nSPS) is 18.6. The molecule has 1 atom stereocenters. The second-order valence-corrected chi connectivity index (χ2v) is 6.40. The van der Waals surface area contributed by atoms with E-state index in [1.54, 1.807) is 12.1 Å². The number of nitrogens with zero attached hydrogens (tertiary/aromatic N) is 1. The fourth-order valence-corrected chi connectivity index (χ4v) is 2.92. The quantitative estimate of drug-likeness (QED) is 0.845. The van der Waals surface area contributed by atoms with Crippen LogP contribution in [0.3, 0.4) is 0 Å². The van der Waals surface area contributed by atoms with Gasteiger partial charge in [0.25, 0.3) is 5.91 Å². The van der Waals surface area contributed by atoms with Crippen molar-refractivity contribution in [3.63, 3.8) is 0 Å². The first-order valence-corrected chi connectivity index (χ1v) is 7.87. The Bertz CT molecular complexity index is 517. The Hall–Kier alpha value is -1.75. The molecular formula is C17H26N2O3. The van der Waals surface area contributed by atoms with Crippen LogP contribution < -0.4 is 10.1 Å². The number of carbonyl (C=O) groups is 1. The Labute approximate surface area is 132 Å². The van der Waals surface area contributed by atoms with Crippen molar-refractivity contribution >= 4 is 5.91 Å². The Morgan fingerprint density at radius 2 is 2.27 bits per heavy atom. The Morgan fingerprint density at radius 3 is 2.95 bits per heavy atom. The number of ether oxygens (including phenoxy) is 1. The highest BCUT2D eigenvalue weighted by atomic mass is 16.5. The van der Waals surface area contributed by atoms with Gasteiger partial charge in [0.1, 0.15) is 11.5 Å². The van der Waals surface area contributed by atoms with Gasteiger partial charge in [0, 0.05) is 19.6 Å². The van der Waals surface area contributed by atoms with E-state index in [-0.39, 0.29) is 17.2 Å². The molecule has 5 heteroatoms. The molecule has 1 saturated heterocycles. The number of benzene rings is 1. The van der Waals surface area contributed by atoms with Crippen LogP contribution in [0.2, 0.25) is 0 Å². The van der Waals surface area contributed by atoms with Crippen molar-refractivity contribution in [1.82, 2.24) is 10.2 Å². The number of hydrogen-bond acceptors (Lipinski definition) is 4. The molecule has 1 aliphatic heterocycles. The number of methoxy groups -OCH3 is 1. The fourth-order valence-electron chi connectivity index (χ4n) is 2.92. The van der Waals surface area contributed by atoms with E-state index >= 15 is 0 Å². The third-order valence-corrected chi connectivity index (χ3v) is 3.99. The molecule has 1 amide bonds. The van der Waals surface area contributed by atoms with Gasteiger partial charge in [-0.25, -0.2) is 0 Å². The number of phenolic OH excluding ortho intramolecular Hbond substituents is 1. The Morgan fingerprint density at radius 1 is 1.50 bits per heavy atom. The molecule has 1 aliphatic rings. The average Bonchev–Trinajstić information content (AvgIpc) is 2.92. The molecule has 1 fully saturated rings. The minimum atomic E-state index is -0.251. The third kappa shape index (κ3) is 4.37. The lowest BCUT2D eigenvalue weighted by molar-refractivity contribution is 0.0944. The zero-order valence-electron chi connectivity index (χ0n) is 13.6. The van der Waals surface area contributed by atoms with Crippen LogP contribution in [0.25, 0.3) is 0 Å². The zero-order chi connectivity index (χ0) is 16.1. The monoisotopic (exact) mass is 306 g/mol. The summed E-state index contributed by atoms with van der Waals surface area (Å²) in [5.74, 6) is 1.44. The van der Waals surface area contributed by atoms with Gasteiger partial charge in [0.2, 0.25) is 0 Å². The smallest absolute Gasteiger partial charge is 0.255 e. The number of aromatic hydroxyl groups is 1. The van der Waals surface area contributed by atoms with Gasteiger partial charge < -0.3 is 20.1 Å². The number of carbonyl (C=O) groups excluding carboxylic acids is 1. The zero-order valence-corrected chi connectivity index (χ0v) is 13.6. The summed E-state index contributed by atoms with van der Waals surface area (Å²) in [7, 11) is 1.54. The van der Waals surface area contributed by atoms with Gasteiger partial charge in [-0.15, -0.1) is 0 Å². The van der Waals surface area contributed by atoms with Crippen molar-refractivity contribution in [3.8, 4) is 11.5 Å². The second-order valence-electron chi connectivity index (χ2n) is 6.40. The summed E-state index contributed by atoms with van der Waals surface area (Å²) in [6.07, 6.45) is 1.11. The molecule has 1 unspecified atom stereocenters. The van der Waals surface area contributed by atoms with E-state index in [0.29, 0.717) is 24.1 Å². The van der Waals surface area contributed by atoms with Gasteiger partial charge in [-0.2, -0.15) is 0 Å². The van der Waals surface area contributed by atoms with E-state index in [1.165, 1.54) is 13.2 Å². The first-order chi connectivity index (χ1) is 10.5. The molecule has 1 heterocycles. The van der Waals surface area contributed by atoms with Crippen molar-refractivity contribution in [2.45, 2.75) is 20.3 Å². The Kier molecular flexibility index (Phi) is 5.66. The number of amides is 1. The molecule has 5 nitrogen and oxygen atoms in total. The van der Waals surface area contributed by atoms with Crippen LogP contribution in [0.15, 0.2) is 18.2 Å². The van der Waals surface area contributed by atoms with Crippen LogP contribution in [0.1, 0.15) is 30.6 Å². The summed E-state index contributed by atoms with van der Waals surface area (Å²) in [4.78, 5) is 14.7. The van der Waals surface area contributed by atoms with Crippen LogP contribution in [0.5, 0.6) is 11.5 Å². The first kappa shape index (κ1) is 16.6. The van der Waals surface area contributed by atoms with Crippen LogP contribution in [-0.2, 0) is 0 Å². The molecule has 0 radical (unpaired) electrons. The summed E-state index contributed by atoms with van der Waals surface area (Å²) in [6, 6.07) is 4.67. The minimum absolute atomic E-state index is 0.0221. The highest BCUT2D eigenvalue weighted by Gasteiger charge is 2.23. The maximum Gasteiger partial charge on any atom is 0.255 e. The number of nitrogens with one attached hydrogen (secondary N) is 1. The molecule has 0 aliphatic carbocycles. The Balaban J connectivity index is 1.86. The topological polar surface area (TPSA) is 61.8 Å². The van der Waals surface area contributed by atoms with Crippen LogP contribution in [0.4, 0.5) is 0 Å². The third-order valence-electron chi connectivity index (χ3n) is 3.99. The van der Waals surface area contributed by atoms with Gasteiger partial charge >= 0.3 is 0 Å². The van der Waals surface area contributed by atoms with Crippen molar-refractivity contribution in [2.24, 2.45) is 11.8 Å². The standard InChI is InChI=1S/C17H26N2O3/c1-12(2)10-19-7-6-13(11-19)9-18-17(21)15-8-14(22-3)4-5-16(15)20/h4-5,8,12-13,20H,6-7,9-11H2,1-3H3,(H,18,21). The molecule has 1 aromatic rings. The van der Waals surface area contributed by atoms with Gasteiger partial charge in [0.15, 0.2) is 0 Å². The van der Waals surface area contributed by atoms with Crippen LogP contribution in [0, 0.1) is 11.8 Å². The lowest BCUT2D eigenvalue weighted by Crippen LogP contribution is -2.31. The maximum absolute atomic E-state index is 12.2. The van der Waals surface area contributed by atoms with Crippen molar-refractivity contribution in [1.29, 1.82) is 0 Å². The van der Waals surface area contributed by atoms with Crippen LogP contribution >= 0.6 is 0 Å². The predicted molar refractivity (Wildman–Crippen MR) is 86.4 cm³/mol. The van der Waals surface area contributed by atoms with E-state index in [2.05, 4.69) is 24.1 Å². The van der Waals surface area contributed by atoms with E-state index in [4.69, 9.17) is 4.74 Å². The molecule has 22 heavy (non-hydrogen) atoms. The van der Waals surface area contributed by atoms with E-state index in [0.717, 1.165) is 26.1 Å². The second kappa shape index (κ2) is 7.49. The largest absolute Gasteiger partial charge is 0.507 e. The molecule has 2 N–H and O–H groups in total. The van der Waals surface area contributed by atoms with Gasteiger partial charge in [-0.3, -0.25) is 4.79 Å². The minimum Gasteiger partial charge on any atom is -0.507 e. The fraction of sp³-hybridized carbons (Fsp3) is 0.588. The van der Waals surface area contributed by atoms with E-state index in [1.807, 2.05) is 0 Å². The van der Waals surface area contributed by atoms with Gasteiger partial charge in [-0.1, -0.05) is 13.8 Å². The highest BCUT2D eigenvalue weighted by molar-refractivity contribution is 5.97. The molecule has 0 spiro atoms. The SMILES string of the molecule is COc1ccc(O)c(C(=O)NCC2CCN(CC(C)C)C2)c1. The first-order valence-electron chi connectivity index (χ1n) is 7.87. The summed E-state index contributed by atoms with van der Waals surface area (Å²) >= 11 is 0. The molecule has 1 aromatic carbocycles. The highest BCUT2D eigenvalue weighted by Crippen LogP contribution is 2.23. The summed E-state index contributed by atoms with van der Waals surface area (Å²) < 4.78 is 5.09. The van der Waals surface area contributed by atoms with Crippen molar-refractivity contribution < 1.29 is 14.6 Å². The molecular weight excluding hydrogens is 280 g/mol. The number of likely N-dealkylation sites (tertiary alicyclic amines) is 1. The molecule has 0 saturated carbocycles. The van der Waals surface area contributed by atoms with Crippen molar-refractivity contribution in [2.75, 3.05) is 33.3 Å². The molecule has 0 aromatic heterocycles. The average molecular weight is 306 g/mol.